The Morgan fingerprint density at radius 1 is 1.04 bits per heavy atom. The molecule has 0 radical (unpaired) electrons. The molecular formula is C21H18N2O2. The van der Waals surface area contributed by atoms with Crippen molar-refractivity contribution in [2.75, 3.05) is 7.11 Å². The summed E-state index contributed by atoms with van der Waals surface area (Å²) in [5, 5.41) is 2.06. The summed E-state index contributed by atoms with van der Waals surface area (Å²) >= 11 is 0. The van der Waals surface area contributed by atoms with E-state index in [1.807, 2.05) is 31.2 Å². The number of benzene rings is 2. The fraction of sp³-hybridized carbons (Fsp3) is 0.143. The van der Waals surface area contributed by atoms with Gasteiger partial charge < -0.3 is 9.72 Å². The molecule has 0 bridgehead atoms. The molecule has 4 aromatic rings. The fourth-order valence-corrected chi connectivity index (χ4v) is 3.25. The molecule has 1 N–H and O–H groups in total. The van der Waals surface area contributed by atoms with E-state index in [9.17, 15) is 4.79 Å². The maximum atomic E-state index is 12.2. The fourth-order valence-electron chi connectivity index (χ4n) is 3.25. The Bertz CT molecular complexity index is 1130. The second kappa shape index (κ2) is 5.74. The van der Waals surface area contributed by atoms with Crippen LogP contribution in [0.5, 0.6) is 0 Å². The number of carbonyl (C=O) groups is 1. The first-order valence-corrected chi connectivity index (χ1v) is 8.16. The lowest BCUT2D eigenvalue weighted by atomic mass is 10.0. The SMILES string of the molecule is COC(=O)c1cc2c([nH]c3ccc(C)cc32)c(-c2ccccc2C)n1. The third-order valence-electron chi connectivity index (χ3n) is 4.54. The normalized spacial score (nSPS) is 11.2. The number of carbonyl (C=O) groups excluding carboxylic acids is 1. The maximum absolute atomic E-state index is 12.2. The van der Waals surface area contributed by atoms with Crippen LogP contribution < -0.4 is 0 Å². The molecule has 124 valence electrons. The lowest BCUT2D eigenvalue weighted by molar-refractivity contribution is 0.0594. The number of ether oxygens (including phenoxy) is 1. The first-order chi connectivity index (χ1) is 12.1. The first-order valence-electron chi connectivity index (χ1n) is 8.16. The molecule has 0 aliphatic rings. The molecule has 0 fully saturated rings. The van der Waals surface area contributed by atoms with Gasteiger partial charge in [0.15, 0.2) is 0 Å². The lowest BCUT2D eigenvalue weighted by Crippen LogP contribution is -2.05. The largest absolute Gasteiger partial charge is 0.464 e. The molecule has 0 saturated carbocycles. The number of esters is 1. The van der Waals surface area contributed by atoms with Gasteiger partial charge in [0.1, 0.15) is 5.69 Å². The Morgan fingerprint density at radius 2 is 1.84 bits per heavy atom. The summed E-state index contributed by atoms with van der Waals surface area (Å²) in [5.41, 5.74) is 6.32. The number of fused-ring (bicyclic) bond motifs is 3. The summed E-state index contributed by atoms with van der Waals surface area (Å²) in [6.07, 6.45) is 0. The minimum absolute atomic E-state index is 0.315. The van der Waals surface area contributed by atoms with Gasteiger partial charge in [-0.3, -0.25) is 0 Å². The number of rotatable bonds is 2. The van der Waals surface area contributed by atoms with Gasteiger partial charge in [-0.1, -0.05) is 35.9 Å². The molecule has 0 unspecified atom stereocenters. The van der Waals surface area contributed by atoms with Crippen LogP contribution in [0.4, 0.5) is 0 Å². The van der Waals surface area contributed by atoms with Crippen molar-refractivity contribution >= 4 is 27.8 Å². The van der Waals surface area contributed by atoms with Crippen molar-refractivity contribution in [1.29, 1.82) is 0 Å². The number of H-pyrrole nitrogens is 1. The number of hydrogen-bond donors (Lipinski definition) is 1. The number of hydrogen-bond acceptors (Lipinski definition) is 3. The zero-order valence-corrected chi connectivity index (χ0v) is 14.4. The van der Waals surface area contributed by atoms with Crippen molar-refractivity contribution in [1.82, 2.24) is 9.97 Å². The van der Waals surface area contributed by atoms with Crippen molar-refractivity contribution in [3.05, 3.63) is 65.4 Å². The second-order valence-electron chi connectivity index (χ2n) is 6.26. The first kappa shape index (κ1) is 15.4. The highest BCUT2D eigenvalue weighted by molar-refractivity contribution is 6.13. The second-order valence-corrected chi connectivity index (χ2v) is 6.26. The van der Waals surface area contributed by atoms with Crippen LogP contribution in [0.3, 0.4) is 0 Å². The minimum atomic E-state index is -0.432. The molecule has 25 heavy (non-hydrogen) atoms. The minimum Gasteiger partial charge on any atom is -0.464 e. The zero-order chi connectivity index (χ0) is 17.6. The Labute approximate surface area is 145 Å². The molecular weight excluding hydrogens is 312 g/mol. The number of aryl methyl sites for hydroxylation is 2. The Kier molecular flexibility index (Phi) is 3.53. The van der Waals surface area contributed by atoms with E-state index >= 15 is 0 Å². The summed E-state index contributed by atoms with van der Waals surface area (Å²) in [4.78, 5) is 20.2. The van der Waals surface area contributed by atoms with Crippen molar-refractivity contribution in [3.63, 3.8) is 0 Å². The van der Waals surface area contributed by atoms with Crippen molar-refractivity contribution in [3.8, 4) is 11.3 Å². The number of aromatic nitrogens is 2. The Hall–Kier alpha value is -3.14. The molecule has 4 heteroatoms. The number of nitrogens with one attached hydrogen (secondary N) is 1. The third-order valence-corrected chi connectivity index (χ3v) is 4.54. The van der Waals surface area contributed by atoms with Gasteiger partial charge in [0.05, 0.1) is 18.3 Å². The molecule has 2 aromatic heterocycles. The molecule has 4 nitrogen and oxygen atoms in total. The van der Waals surface area contributed by atoms with Crippen LogP contribution in [0.25, 0.3) is 33.1 Å². The van der Waals surface area contributed by atoms with Crippen LogP contribution in [0.15, 0.2) is 48.5 Å². The number of methoxy groups -OCH3 is 1. The number of nitrogens with zero attached hydrogens (tertiary/aromatic N) is 1. The Morgan fingerprint density at radius 3 is 2.60 bits per heavy atom. The zero-order valence-electron chi connectivity index (χ0n) is 14.4. The molecule has 0 aliphatic heterocycles. The summed E-state index contributed by atoms with van der Waals surface area (Å²) in [5.74, 6) is -0.432. The third kappa shape index (κ3) is 2.47. The van der Waals surface area contributed by atoms with Crippen LogP contribution in [0, 0.1) is 13.8 Å². The van der Waals surface area contributed by atoms with Crippen molar-refractivity contribution in [2.45, 2.75) is 13.8 Å². The molecule has 4 rings (SSSR count). The average molecular weight is 330 g/mol. The molecule has 0 spiro atoms. The van der Waals surface area contributed by atoms with E-state index in [0.29, 0.717) is 5.69 Å². The predicted octanol–water partition coefficient (Wildman–Crippen LogP) is 4.79. The summed E-state index contributed by atoms with van der Waals surface area (Å²) < 4.78 is 4.91. The van der Waals surface area contributed by atoms with E-state index in [1.54, 1.807) is 6.07 Å². The van der Waals surface area contributed by atoms with E-state index in [0.717, 1.165) is 38.6 Å². The smallest absolute Gasteiger partial charge is 0.356 e. The molecule has 2 aromatic carbocycles. The number of pyridine rings is 1. The quantitative estimate of drug-likeness (QED) is 0.538. The van der Waals surface area contributed by atoms with E-state index in [1.165, 1.54) is 12.7 Å². The molecule has 0 atom stereocenters. The van der Waals surface area contributed by atoms with Gasteiger partial charge in [-0.05, 0) is 37.6 Å². The summed E-state index contributed by atoms with van der Waals surface area (Å²) in [6.45, 7) is 4.10. The highest BCUT2D eigenvalue weighted by atomic mass is 16.5. The topological polar surface area (TPSA) is 55.0 Å². The van der Waals surface area contributed by atoms with Crippen molar-refractivity contribution < 1.29 is 9.53 Å². The highest BCUT2D eigenvalue weighted by Gasteiger charge is 2.18. The maximum Gasteiger partial charge on any atom is 0.356 e. The van der Waals surface area contributed by atoms with Gasteiger partial charge in [-0.2, -0.15) is 0 Å². The van der Waals surface area contributed by atoms with Crippen LogP contribution in [-0.4, -0.2) is 23.0 Å². The summed E-state index contributed by atoms with van der Waals surface area (Å²) in [7, 11) is 1.38. The van der Waals surface area contributed by atoms with Gasteiger partial charge >= 0.3 is 5.97 Å². The number of aromatic amines is 1. The van der Waals surface area contributed by atoms with Gasteiger partial charge in [0.2, 0.25) is 0 Å². The van der Waals surface area contributed by atoms with Gasteiger partial charge in [-0.25, -0.2) is 9.78 Å². The van der Waals surface area contributed by atoms with E-state index < -0.39 is 5.97 Å². The predicted molar refractivity (Wildman–Crippen MR) is 99.8 cm³/mol. The molecule has 0 amide bonds. The van der Waals surface area contributed by atoms with Gasteiger partial charge in [-0.15, -0.1) is 0 Å². The van der Waals surface area contributed by atoms with Gasteiger partial charge in [0, 0.05) is 21.9 Å². The molecule has 2 heterocycles. The van der Waals surface area contributed by atoms with Crippen LogP contribution in [0.1, 0.15) is 21.6 Å². The van der Waals surface area contributed by atoms with Crippen LogP contribution in [0.2, 0.25) is 0 Å². The standard InChI is InChI=1S/C21H18N2O2/c1-12-8-9-17-15(10-12)16-11-18(21(24)25-3)23-19(20(16)22-17)14-7-5-4-6-13(14)2/h4-11,22H,1-3H3. The van der Waals surface area contributed by atoms with E-state index in [-0.39, 0.29) is 0 Å². The van der Waals surface area contributed by atoms with Crippen LogP contribution in [-0.2, 0) is 4.74 Å². The summed E-state index contributed by atoms with van der Waals surface area (Å²) in [6, 6.07) is 16.1. The lowest BCUT2D eigenvalue weighted by Gasteiger charge is -2.08. The van der Waals surface area contributed by atoms with E-state index in [4.69, 9.17) is 4.74 Å². The monoisotopic (exact) mass is 330 g/mol. The highest BCUT2D eigenvalue weighted by Crippen LogP contribution is 2.34. The average Bonchev–Trinajstić information content (AvgIpc) is 2.98. The molecule has 0 saturated heterocycles. The van der Waals surface area contributed by atoms with Crippen LogP contribution >= 0.6 is 0 Å². The van der Waals surface area contributed by atoms with Crippen molar-refractivity contribution in [2.24, 2.45) is 0 Å². The van der Waals surface area contributed by atoms with E-state index in [2.05, 4.69) is 35.1 Å². The van der Waals surface area contributed by atoms with Gasteiger partial charge in [0.25, 0.3) is 0 Å². The Balaban J connectivity index is 2.15. The molecule has 0 aliphatic carbocycles.